The Hall–Kier alpha value is -3.25. The fourth-order valence-electron chi connectivity index (χ4n) is 3.97. The minimum atomic E-state index is -0.142. The van der Waals surface area contributed by atoms with Gasteiger partial charge in [0, 0.05) is 53.2 Å². The second-order valence-electron chi connectivity index (χ2n) is 13.7. The van der Waals surface area contributed by atoms with Crippen LogP contribution < -0.4 is 5.43 Å². The van der Waals surface area contributed by atoms with Crippen LogP contribution in [0.4, 0.5) is 0 Å². The molecule has 0 aliphatic carbocycles. The minimum absolute atomic E-state index is 0.0263. The molecule has 1 N–H and O–H groups in total. The average molecular weight is 668 g/mol. The molecule has 262 valence electrons. The van der Waals surface area contributed by atoms with Gasteiger partial charge < -0.3 is 9.84 Å². The summed E-state index contributed by atoms with van der Waals surface area (Å²) in [5.41, 5.74) is 7.90. The van der Waals surface area contributed by atoms with Gasteiger partial charge in [-0.15, -0.1) is 0 Å². The molecule has 1 unspecified atom stereocenters. The fraction of sp³-hybridized carbons (Fsp3) is 0.550. The normalized spacial score (nSPS) is 12.3. The Morgan fingerprint density at radius 3 is 1.96 bits per heavy atom. The Labute approximate surface area is 290 Å². The summed E-state index contributed by atoms with van der Waals surface area (Å²) in [7, 11) is 1.79. The predicted molar refractivity (Wildman–Crippen MR) is 204 cm³/mol. The van der Waals surface area contributed by atoms with Crippen molar-refractivity contribution in [1.82, 2.24) is 10.4 Å². The number of aromatic nitrogens is 1. The first-order chi connectivity index (χ1) is 21.9. The topological polar surface area (TPSA) is 84.6 Å². The zero-order valence-corrected chi connectivity index (χ0v) is 32.5. The molecule has 2 heterocycles. The van der Waals surface area contributed by atoms with Gasteiger partial charge in [-0.3, -0.25) is 9.59 Å². The Morgan fingerprint density at radius 1 is 0.979 bits per heavy atom. The summed E-state index contributed by atoms with van der Waals surface area (Å²) in [5, 5.41) is 4.54. The van der Waals surface area contributed by atoms with Crippen LogP contribution in [0, 0.1) is 11.3 Å². The SMILES string of the molecule is CC/C=C(C)/C=N\NC.CCC(=O)C(C)(C)C.CCC(C)C(=O)c1cc2nc(-c3ccc(Cl)cc3)cc(C(C)(C)C)c2o1.CCCC. The third kappa shape index (κ3) is 15.9. The lowest BCUT2D eigenvalue weighted by atomic mass is 9.86. The molecule has 0 saturated carbocycles. The minimum Gasteiger partial charge on any atom is -0.451 e. The lowest BCUT2D eigenvalue weighted by molar-refractivity contribution is -0.125. The van der Waals surface area contributed by atoms with Crippen LogP contribution in [0.15, 0.2) is 57.6 Å². The van der Waals surface area contributed by atoms with Crippen LogP contribution in [0.5, 0.6) is 0 Å². The molecule has 0 aliphatic heterocycles. The number of hydrogen-bond donors (Lipinski definition) is 1. The number of halogens is 1. The molecule has 0 saturated heterocycles. The number of furan rings is 1. The van der Waals surface area contributed by atoms with E-state index in [4.69, 9.17) is 21.0 Å². The summed E-state index contributed by atoms with van der Waals surface area (Å²) in [4.78, 5) is 28.1. The molecule has 7 heteroatoms. The molecule has 3 aromatic rings. The molecule has 0 fully saturated rings. The molecule has 1 aromatic carbocycles. The number of nitrogens with one attached hydrogen (secondary N) is 1. The van der Waals surface area contributed by atoms with Crippen molar-refractivity contribution in [3.05, 3.63) is 64.4 Å². The first-order valence-electron chi connectivity index (χ1n) is 17.1. The highest BCUT2D eigenvalue weighted by Crippen LogP contribution is 2.35. The second kappa shape index (κ2) is 21.6. The Bertz CT molecular complexity index is 1420. The van der Waals surface area contributed by atoms with Gasteiger partial charge >= 0.3 is 0 Å². The number of allylic oxidation sites excluding steroid dienone is 2. The number of pyridine rings is 1. The van der Waals surface area contributed by atoms with Crippen LogP contribution in [0.1, 0.15) is 138 Å². The van der Waals surface area contributed by atoms with Crippen molar-refractivity contribution in [3.63, 3.8) is 0 Å². The van der Waals surface area contributed by atoms with Gasteiger partial charge in [0.1, 0.15) is 11.3 Å². The Balaban J connectivity index is 0.000000825. The number of hydrazone groups is 1. The number of unbranched alkanes of at least 4 members (excludes halogenated alkanes) is 1. The number of benzene rings is 1. The lowest BCUT2D eigenvalue weighted by Gasteiger charge is -2.20. The van der Waals surface area contributed by atoms with Gasteiger partial charge in [0.15, 0.2) is 11.3 Å². The number of carbonyl (C=O) groups is 2. The number of Topliss-reactive ketones (excluding diaryl/α,β-unsaturated/α-hetero) is 2. The van der Waals surface area contributed by atoms with Gasteiger partial charge in [-0.1, -0.05) is 126 Å². The molecule has 2 aromatic heterocycles. The van der Waals surface area contributed by atoms with Gasteiger partial charge in [0.05, 0.1) is 5.69 Å². The highest BCUT2D eigenvalue weighted by molar-refractivity contribution is 6.30. The number of nitrogens with zero attached hydrogens (tertiary/aromatic N) is 2. The van der Waals surface area contributed by atoms with Crippen LogP contribution in [0.25, 0.3) is 22.4 Å². The Morgan fingerprint density at radius 2 is 1.55 bits per heavy atom. The molecule has 0 aliphatic rings. The zero-order chi connectivity index (χ0) is 36.4. The van der Waals surface area contributed by atoms with Crippen molar-refractivity contribution in [3.8, 4) is 11.3 Å². The zero-order valence-electron chi connectivity index (χ0n) is 31.7. The van der Waals surface area contributed by atoms with E-state index in [0.717, 1.165) is 29.7 Å². The van der Waals surface area contributed by atoms with Gasteiger partial charge in [-0.25, -0.2) is 4.98 Å². The van der Waals surface area contributed by atoms with Gasteiger partial charge in [0.25, 0.3) is 0 Å². The summed E-state index contributed by atoms with van der Waals surface area (Å²) in [6, 6.07) is 11.4. The second-order valence-corrected chi connectivity index (χ2v) is 14.1. The van der Waals surface area contributed by atoms with Crippen molar-refractivity contribution in [2.45, 2.75) is 128 Å². The maximum Gasteiger partial charge on any atom is 0.200 e. The number of fused-ring (bicyclic) bond motifs is 1. The molecule has 0 amide bonds. The van der Waals surface area contributed by atoms with E-state index in [1.54, 1.807) is 13.1 Å². The van der Waals surface area contributed by atoms with E-state index in [1.807, 2.05) is 85.0 Å². The highest BCUT2D eigenvalue weighted by atomic mass is 35.5. The van der Waals surface area contributed by atoms with E-state index in [1.165, 1.54) is 18.4 Å². The molecular formula is C40H62ClN3O3. The monoisotopic (exact) mass is 667 g/mol. The smallest absolute Gasteiger partial charge is 0.200 e. The van der Waals surface area contributed by atoms with Crippen molar-refractivity contribution < 1.29 is 14.0 Å². The molecule has 3 rings (SSSR count). The van der Waals surface area contributed by atoms with Crippen LogP contribution in [-0.2, 0) is 10.2 Å². The molecule has 0 spiro atoms. The van der Waals surface area contributed by atoms with Crippen molar-refractivity contribution in [2.24, 2.45) is 16.4 Å². The summed E-state index contributed by atoms with van der Waals surface area (Å²) in [6.07, 6.45) is 9.08. The van der Waals surface area contributed by atoms with Crippen molar-refractivity contribution in [2.75, 3.05) is 7.05 Å². The van der Waals surface area contributed by atoms with Gasteiger partial charge in [0.2, 0.25) is 5.78 Å². The molecule has 0 radical (unpaired) electrons. The summed E-state index contributed by atoms with van der Waals surface area (Å²) >= 11 is 6.01. The number of rotatable bonds is 9. The summed E-state index contributed by atoms with van der Waals surface area (Å²) in [5.74, 6) is 0.681. The standard InChI is InChI=1S/C22H24ClNO2.C7H14N2.C7H14O.C4H10/c1-6-13(2)20(25)19-12-18-21(26-19)16(22(3,4)5)11-17(24-18)14-7-9-15(23)10-8-14;1-4-5-7(2)6-9-8-3;1-5-6(8)7(2,3)4;1-3-4-2/h7-13H,6H2,1-5H3;5-6,8H,4H2,1-3H3;5H2,1-4H3;3-4H2,1-2H3/b;7-5+,9-6-;;. The van der Waals surface area contributed by atoms with E-state index >= 15 is 0 Å². The van der Waals surface area contributed by atoms with E-state index in [9.17, 15) is 9.59 Å². The molecule has 1 atom stereocenters. The largest absolute Gasteiger partial charge is 0.451 e. The van der Waals surface area contributed by atoms with E-state index in [0.29, 0.717) is 34.1 Å². The van der Waals surface area contributed by atoms with Crippen molar-refractivity contribution >= 4 is 40.5 Å². The number of carbonyl (C=O) groups excluding carboxylic acids is 2. The number of ketones is 2. The lowest BCUT2D eigenvalue weighted by Crippen LogP contribution is -2.18. The van der Waals surface area contributed by atoms with E-state index in [-0.39, 0.29) is 22.5 Å². The first-order valence-corrected chi connectivity index (χ1v) is 17.4. The van der Waals surface area contributed by atoms with E-state index < -0.39 is 0 Å². The third-order valence-corrected chi connectivity index (χ3v) is 7.56. The van der Waals surface area contributed by atoms with Crippen LogP contribution in [-0.4, -0.2) is 29.8 Å². The number of hydrogen-bond acceptors (Lipinski definition) is 6. The molecule has 0 bridgehead atoms. The van der Waals surface area contributed by atoms with E-state index in [2.05, 4.69) is 58.1 Å². The highest BCUT2D eigenvalue weighted by Gasteiger charge is 2.25. The molecule has 6 nitrogen and oxygen atoms in total. The van der Waals surface area contributed by atoms with Crippen LogP contribution in [0.3, 0.4) is 0 Å². The predicted octanol–water partition coefficient (Wildman–Crippen LogP) is 12.0. The van der Waals surface area contributed by atoms with Gasteiger partial charge in [-0.05, 0) is 49.0 Å². The summed E-state index contributed by atoms with van der Waals surface area (Å²) in [6.45, 7) is 26.5. The first kappa shape index (κ1) is 43.8. The van der Waals surface area contributed by atoms with Gasteiger partial charge in [-0.2, -0.15) is 5.10 Å². The molecule has 47 heavy (non-hydrogen) atoms. The van der Waals surface area contributed by atoms with Crippen LogP contribution >= 0.6 is 11.6 Å². The maximum atomic E-state index is 12.6. The average Bonchev–Trinajstić information content (AvgIpc) is 3.46. The van der Waals surface area contributed by atoms with Crippen LogP contribution in [0.2, 0.25) is 5.02 Å². The summed E-state index contributed by atoms with van der Waals surface area (Å²) < 4.78 is 5.99. The molecular weight excluding hydrogens is 606 g/mol. The Kier molecular flexibility index (Phi) is 20.1. The fourth-order valence-corrected chi connectivity index (χ4v) is 4.09. The maximum absolute atomic E-state index is 12.6. The van der Waals surface area contributed by atoms with Crippen molar-refractivity contribution in [1.29, 1.82) is 0 Å². The third-order valence-electron chi connectivity index (χ3n) is 7.31. The quantitative estimate of drug-likeness (QED) is 0.139.